The highest BCUT2D eigenvalue weighted by molar-refractivity contribution is 6.03. The summed E-state index contributed by atoms with van der Waals surface area (Å²) < 4.78 is 0. The van der Waals surface area contributed by atoms with Crippen LogP contribution < -0.4 is 4.90 Å². The minimum absolute atomic E-state index is 0.104. The van der Waals surface area contributed by atoms with Crippen LogP contribution in [0.4, 0.5) is 17.1 Å². The highest BCUT2D eigenvalue weighted by atomic mass is 15.1. The third-order valence-electron chi connectivity index (χ3n) is 12.3. The first-order valence-corrected chi connectivity index (χ1v) is 18.7. The lowest BCUT2D eigenvalue weighted by Gasteiger charge is -2.32. The maximum absolute atomic E-state index is 2.50. The second-order valence-corrected chi connectivity index (χ2v) is 15.2. The Kier molecular flexibility index (Phi) is 6.29. The summed E-state index contributed by atoms with van der Waals surface area (Å²) in [5.41, 5.74) is 21.5. The number of para-hydroxylation sites is 1. The van der Waals surface area contributed by atoms with E-state index in [2.05, 4.69) is 207 Å². The van der Waals surface area contributed by atoms with E-state index >= 15 is 0 Å². The number of anilines is 3. The van der Waals surface area contributed by atoms with Crippen molar-refractivity contribution in [2.45, 2.75) is 24.7 Å². The van der Waals surface area contributed by atoms with E-state index in [4.69, 9.17) is 0 Å². The maximum atomic E-state index is 2.50. The standard InChI is InChI=1S/C52H37N/c1-51(2)42-25-12-9-21-38(42)39-32-31-36(33-47(39)51)53(35-19-7-4-8-20-35)48-30-16-29-46-50(48)41-23-11-14-27-44(41)52(46)43-26-13-10-22-40(43)49-37(24-15-28-45(49)52)34-17-5-3-6-18-34/h3-33H,1-2H3. The maximum Gasteiger partial charge on any atom is 0.0726 e. The Morgan fingerprint density at radius 2 is 0.849 bits per heavy atom. The largest absolute Gasteiger partial charge is 0.310 e. The van der Waals surface area contributed by atoms with Crippen LogP contribution in [0.5, 0.6) is 0 Å². The summed E-state index contributed by atoms with van der Waals surface area (Å²) in [7, 11) is 0. The predicted molar refractivity (Wildman–Crippen MR) is 220 cm³/mol. The zero-order valence-corrected chi connectivity index (χ0v) is 29.8. The molecule has 0 fully saturated rings. The van der Waals surface area contributed by atoms with Gasteiger partial charge < -0.3 is 4.90 Å². The van der Waals surface area contributed by atoms with E-state index in [1.54, 1.807) is 0 Å². The van der Waals surface area contributed by atoms with Gasteiger partial charge in [0.05, 0.1) is 11.1 Å². The smallest absolute Gasteiger partial charge is 0.0726 e. The molecule has 1 heteroatoms. The van der Waals surface area contributed by atoms with Crippen LogP contribution in [0.3, 0.4) is 0 Å². The van der Waals surface area contributed by atoms with Crippen LogP contribution >= 0.6 is 0 Å². The van der Waals surface area contributed by atoms with Gasteiger partial charge in [0.15, 0.2) is 0 Å². The van der Waals surface area contributed by atoms with E-state index in [0.29, 0.717) is 0 Å². The third kappa shape index (κ3) is 3.97. The minimum atomic E-state index is -0.456. The van der Waals surface area contributed by atoms with E-state index in [1.807, 2.05) is 0 Å². The first kappa shape index (κ1) is 30.2. The minimum Gasteiger partial charge on any atom is -0.310 e. The molecule has 0 bridgehead atoms. The van der Waals surface area contributed by atoms with E-state index in [9.17, 15) is 0 Å². The molecule has 250 valence electrons. The number of hydrogen-bond donors (Lipinski definition) is 0. The van der Waals surface area contributed by atoms with Gasteiger partial charge >= 0.3 is 0 Å². The number of rotatable bonds is 4. The summed E-state index contributed by atoms with van der Waals surface area (Å²) in [6.07, 6.45) is 0. The summed E-state index contributed by atoms with van der Waals surface area (Å²) in [6.45, 7) is 4.74. The van der Waals surface area contributed by atoms with Gasteiger partial charge in [-0.25, -0.2) is 0 Å². The predicted octanol–water partition coefficient (Wildman–Crippen LogP) is 13.5. The van der Waals surface area contributed by atoms with Crippen molar-refractivity contribution < 1.29 is 0 Å². The van der Waals surface area contributed by atoms with Gasteiger partial charge in [-0.3, -0.25) is 0 Å². The van der Waals surface area contributed by atoms with Crippen molar-refractivity contribution in [2.75, 3.05) is 4.90 Å². The highest BCUT2D eigenvalue weighted by Gasteiger charge is 2.53. The Hall–Kier alpha value is -6.44. The molecule has 53 heavy (non-hydrogen) atoms. The molecule has 3 aliphatic rings. The van der Waals surface area contributed by atoms with E-state index in [-0.39, 0.29) is 5.41 Å². The monoisotopic (exact) mass is 675 g/mol. The normalized spacial score (nSPS) is 16.3. The second-order valence-electron chi connectivity index (χ2n) is 15.2. The van der Waals surface area contributed by atoms with E-state index < -0.39 is 5.41 Å². The first-order chi connectivity index (χ1) is 26.1. The molecular weight excluding hydrogens is 639 g/mol. The topological polar surface area (TPSA) is 3.24 Å². The number of hydrogen-bond acceptors (Lipinski definition) is 1. The van der Waals surface area contributed by atoms with Gasteiger partial charge in [-0.1, -0.05) is 172 Å². The van der Waals surface area contributed by atoms with Crippen molar-refractivity contribution >= 4 is 17.1 Å². The van der Waals surface area contributed by atoms with Crippen LogP contribution in [0.1, 0.15) is 47.2 Å². The van der Waals surface area contributed by atoms with Crippen molar-refractivity contribution in [1.29, 1.82) is 0 Å². The Morgan fingerprint density at radius 3 is 1.57 bits per heavy atom. The molecule has 11 rings (SSSR count). The molecule has 0 heterocycles. The fourth-order valence-electron chi connectivity index (χ4n) is 10.1. The molecular formula is C52H37N. The molecule has 0 aromatic heterocycles. The Bertz CT molecular complexity index is 2760. The summed E-state index contributed by atoms with van der Waals surface area (Å²) in [5.74, 6) is 0. The van der Waals surface area contributed by atoms with Crippen LogP contribution in [-0.2, 0) is 10.8 Å². The SMILES string of the molecule is CC1(C)c2ccccc2-c2ccc(N(c3ccccc3)c3cccc4c3-c3ccccc3C43c4ccccc4-c4c(-c5ccccc5)cccc43)cc21. The first-order valence-electron chi connectivity index (χ1n) is 18.7. The third-order valence-corrected chi connectivity index (χ3v) is 12.3. The van der Waals surface area contributed by atoms with Gasteiger partial charge in [-0.2, -0.15) is 0 Å². The average molecular weight is 676 g/mol. The lowest BCUT2D eigenvalue weighted by atomic mass is 9.70. The lowest BCUT2D eigenvalue weighted by Crippen LogP contribution is -2.26. The molecule has 0 aliphatic heterocycles. The van der Waals surface area contributed by atoms with Crippen molar-refractivity contribution in [3.63, 3.8) is 0 Å². The van der Waals surface area contributed by atoms with Gasteiger partial charge in [-0.15, -0.1) is 0 Å². The van der Waals surface area contributed by atoms with Crippen LogP contribution in [0.2, 0.25) is 0 Å². The van der Waals surface area contributed by atoms with Crippen LogP contribution in [-0.4, -0.2) is 0 Å². The van der Waals surface area contributed by atoms with Crippen molar-refractivity contribution in [1.82, 2.24) is 0 Å². The van der Waals surface area contributed by atoms with Gasteiger partial charge in [-0.05, 0) is 103 Å². The number of nitrogens with zero attached hydrogens (tertiary/aromatic N) is 1. The molecule has 0 saturated heterocycles. The summed E-state index contributed by atoms with van der Waals surface area (Å²) in [5, 5.41) is 0. The van der Waals surface area contributed by atoms with Crippen molar-refractivity contribution in [3.05, 3.63) is 221 Å². The zero-order chi connectivity index (χ0) is 35.3. The zero-order valence-electron chi connectivity index (χ0n) is 29.8. The molecule has 0 radical (unpaired) electrons. The van der Waals surface area contributed by atoms with Crippen LogP contribution in [0, 0.1) is 0 Å². The number of fused-ring (bicyclic) bond motifs is 13. The summed E-state index contributed by atoms with van der Waals surface area (Å²) >= 11 is 0. The van der Waals surface area contributed by atoms with Crippen LogP contribution in [0.15, 0.2) is 188 Å². The fraction of sp³-hybridized carbons (Fsp3) is 0.0769. The van der Waals surface area contributed by atoms with Gasteiger partial charge in [0.1, 0.15) is 0 Å². The van der Waals surface area contributed by atoms with Crippen molar-refractivity contribution in [2.24, 2.45) is 0 Å². The fourth-order valence-corrected chi connectivity index (χ4v) is 10.1. The molecule has 3 aliphatic carbocycles. The second kappa shape index (κ2) is 11.0. The van der Waals surface area contributed by atoms with Crippen molar-refractivity contribution in [3.8, 4) is 44.5 Å². The quantitative estimate of drug-likeness (QED) is 0.179. The molecule has 1 nitrogen and oxygen atoms in total. The Labute approximate surface area is 311 Å². The molecule has 1 unspecified atom stereocenters. The van der Waals surface area contributed by atoms with Gasteiger partial charge in [0.25, 0.3) is 0 Å². The number of benzene rings is 8. The van der Waals surface area contributed by atoms with E-state index in [0.717, 1.165) is 5.69 Å². The molecule has 1 spiro atoms. The summed E-state index contributed by atoms with van der Waals surface area (Å²) in [6, 6.07) is 70.1. The molecule has 0 saturated carbocycles. The molecule has 1 atom stereocenters. The van der Waals surface area contributed by atoms with Crippen LogP contribution in [0.25, 0.3) is 44.5 Å². The highest BCUT2D eigenvalue weighted by Crippen LogP contribution is 2.66. The van der Waals surface area contributed by atoms with Gasteiger partial charge in [0.2, 0.25) is 0 Å². The average Bonchev–Trinajstić information content (AvgIpc) is 3.78. The lowest BCUT2D eigenvalue weighted by molar-refractivity contribution is 0.660. The Morgan fingerprint density at radius 1 is 0.340 bits per heavy atom. The molecule has 0 N–H and O–H groups in total. The van der Waals surface area contributed by atoms with E-state index in [1.165, 1.54) is 89.3 Å². The molecule has 0 amide bonds. The Balaban J connectivity index is 1.20. The summed E-state index contributed by atoms with van der Waals surface area (Å²) in [4.78, 5) is 2.50. The molecule has 8 aromatic carbocycles. The molecule has 8 aromatic rings. The van der Waals surface area contributed by atoms with Gasteiger partial charge in [0, 0.05) is 22.4 Å².